The van der Waals surface area contributed by atoms with E-state index in [1.807, 2.05) is 37.2 Å². The van der Waals surface area contributed by atoms with E-state index < -0.39 is 5.54 Å². The molecule has 0 bridgehead atoms. The molecule has 2 amide bonds. The molecule has 2 N–H and O–H groups in total. The van der Waals surface area contributed by atoms with Crippen molar-refractivity contribution in [1.82, 2.24) is 20.4 Å². The van der Waals surface area contributed by atoms with Crippen LogP contribution in [0.3, 0.4) is 0 Å². The third-order valence-electron chi connectivity index (χ3n) is 6.23. The van der Waals surface area contributed by atoms with Gasteiger partial charge in [0.1, 0.15) is 21.4 Å². The molecule has 0 saturated carbocycles. The number of carbonyl (C=O) groups is 2. The van der Waals surface area contributed by atoms with Gasteiger partial charge in [0.05, 0.1) is 25.7 Å². The summed E-state index contributed by atoms with van der Waals surface area (Å²) in [5, 5.41) is 6.38. The van der Waals surface area contributed by atoms with Gasteiger partial charge in [-0.25, -0.2) is 0 Å². The smallest absolute Gasteiger partial charge is 0.248 e. The van der Waals surface area contributed by atoms with Crippen molar-refractivity contribution in [2.45, 2.75) is 18.4 Å². The third-order valence-corrected chi connectivity index (χ3v) is 7.97. The van der Waals surface area contributed by atoms with Crippen molar-refractivity contribution in [2.75, 3.05) is 78.2 Å². The van der Waals surface area contributed by atoms with Gasteiger partial charge in [-0.3, -0.25) is 9.59 Å². The first-order valence-corrected chi connectivity index (χ1v) is 12.8. The Labute approximate surface area is 211 Å². The Morgan fingerprint density at radius 1 is 1.15 bits per heavy atom. The maximum absolute atomic E-state index is 13.7. The number of rotatable bonds is 7. The van der Waals surface area contributed by atoms with Gasteiger partial charge in [0.25, 0.3) is 0 Å². The molecule has 2 heterocycles. The molecule has 3 rings (SSSR count). The summed E-state index contributed by atoms with van der Waals surface area (Å²) >= 11 is 6.58. The van der Waals surface area contributed by atoms with E-state index in [2.05, 4.69) is 15.5 Å². The lowest BCUT2D eigenvalue weighted by Crippen LogP contribution is -2.65. The van der Waals surface area contributed by atoms with E-state index >= 15 is 0 Å². The largest absolute Gasteiger partial charge is 0.497 e. The fraction of sp³-hybridized carbons (Fsp3) is 0.609. The number of hydrogen-bond acceptors (Lipinski definition) is 8. The molecule has 0 aliphatic carbocycles. The fourth-order valence-electron chi connectivity index (χ4n) is 4.30. The zero-order chi connectivity index (χ0) is 24.7. The first-order valence-electron chi connectivity index (χ1n) is 11.4. The van der Waals surface area contributed by atoms with Gasteiger partial charge in [-0.05, 0) is 38.1 Å². The number of nitrogens with zero attached hydrogens (tertiary/aromatic N) is 3. The Kier molecular flexibility index (Phi) is 9.26. The van der Waals surface area contributed by atoms with Crippen LogP contribution in [0, 0.1) is 0 Å². The summed E-state index contributed by atoms with van der Waals surface area (Å²) in [7, 11) is 6.98. The van der Waals surface area contributed by atoms with Gasteiger partial charge in [-0.15, -0.1) is 0 Å². The Hall–Kier alpha value is -2.24. The highest BCUT2D eigenvalue weighted by Crippen LogP contribution is 2.33. The van der Waals surface area contributed by atoms with E-state index in [1.165, 1.54) is 11.8 Å². The molecule has 0 aromatic heterocycles. The SMILES string of the molecule is COc1ccc(N2CCN(C(=O)C3(NC(=O)CSC(=S)N(C)C)CCNCC3)CC2)c(OC)c1. The number of amides is 2. The van der Waals surface area contributed by atoms with Crippen molar-refractivity contribution >= 4 is 45.8 Å². The zero-order valence-electron chi connectivity index (χ0n) is 20.4. The number of benzene rings is 1. The number of methoxy groups -OCH3 is 2. The molecule has 0 unspecified atom stereocenters. The number of carbonyl (C=O) groups excluding carboxylic acids is 2. The van der Waals surface area contributed by atoms with Crippen LogP contribution in [-0.4, -0.2) is 105 Å². The molecule has 9 nitrogen and oxygen atoms in total. The second kappa shape index (κ2) is 11.9. The second-order valence-electron chi connectivity index (χ2n) is 8.65. The van der Waals surface area contributed by atoms with Crippen LogP contribution < -0.4 is 25.0 Å². The third kappa shape index (κ3) is 6.25. The molecule has 34 heavy (non-hydrogen) atoms. The summed E-state index contributed by atoms with van der Waals surface area (Å²) in [6.07, 6.45) is 1.15. The van der Waals surface area contributed by atoms with Crippen LogP contribution in [0.25, 0.3) is 0 Å². The molecule has 11 heteroatoms. The Morgan fingerprint density at radius 2 is 1.82 bits per heavy atom. The number of thioether (sulfide) groups is 1. The molecule has 2 aliphatic heterocycles. The monoisotopic (exact) mass is 509 g/mol. The minimum absolute atomic E-state index is 0.00359. The Balaban J connectivity index is 1.65. The predicted octanol–water partition coefficient (Wildman–Crippen LogP) is 1.17. The highest BCUT2D eigenvalue weighted by atomic mass is 32.2. The summed E-state index contributed by atoms with van der Waals surface area (Å²) in [5.74, 6) is 1.52. The summed E-state index contributed by atoms with van der Waals surface area (Å²) in [5.41, 5.74) is 0.108. The van der Waals surface area contributed by atoms with E-state index in [0.29, 0.717) is 56.4 Å². The van der Waals surface area contributed by atoms with E-state index in [4.69, 9.17) is 21.7 Å². The number of thiocarbonyl (C=S) groups is 1. The molecular formula is C23H35N5O4S2. The Bertz CT molecular complexity index is 884. The number of hydrogen-bond donors (Lipinski definition) is 2. The highest BCUT2D eigenvalue weighted by molar-refractivity contribution is 8.23. The van der Waals surface area contributed by atoms with Crippen molar-refractivity contribution in [3.05, 3.63) is 18.2 Å². The lowest BCUT2D eigenvalue weighted by molar-refractivity contribution is -0.143. The lowest BCUT2D eigenvalue weighted by Gasteiger charge is -2.44. The molecule has 2 aliphatic rings. The number of nitrogens with one attached hydrogen (secondary N) is 2. The van der Waals surface area contributed by atoms with Crippen molar-refractivity contribution in [1.29, 1.82) is 0 Å². The molecule has 188 valence electrons. The topological polar surface area (TPSA) is 86.4 Å². The standard InChI is InChI=1S/C23H35N5O4S2/c1-26(2)22(33)34-16-20(29)25-23(7-9-24-10-8-23)21(30)28-13-11-27(12-14-28)18-6-5-17(31-3)15-19(18)32-4/h5-6,15,24H,7-14,16H2,1-4H3,(H,25,29). The number of ether oxygens (including phenoxy) is 2. The maximum Gasteiger partial charge on any atom is 0.248 e. The van der Waals surface area contributed by atoms with Crippen LogP contribution in [-0.2, 0) is 9.59 Å². The minimum atomic E-state index is -0.872. The summed E-state index contributed by atoms with van der Waals surface area (Å²) < 4.78 is 11.5. The van der Waals surface area contributed by atoms with Crippen LogP contribution in [0.4, 0.5) is 5.69 Å². The molecule has 1 aromatic rings. The average Bonchev–Trinajstić information content (AvgIpc) is 2.86. The molecular weight excluding hydrogens is 474 g/mol. The van der Waals surface area contributed by atoms with Gasteiger partial charge in [0, 0.05) is 46.3 Å². The van der Waals surface area contributed by atoms with Crippen LogP contribution in [0.1, 0.15) is 12.8 Å². The second-order valence-corrected chi connectivity index (χ2v) is 10.3. The van der Waals surface area contributed by atoms with Crippen LogP contribution in [0.2, 0.25) is 0 Å². The van der Waals surface area contributed by atoms with Crippen molar-refractivity contribution in [2.24, 2.45) is 0 Å². The molecule has 2 fully saturated rings. The summed E-state index contributed by atoms with van der Waals surface area (Å²) in [6.45, 7) is 3.92. The van der Waals surface area contributed by atoms with Crippen molar-refractivity contribution in [3.63, 3.8) is 0 Å². The van der Waals surface area contributed by atoms with Crippen LogP contribution >= 0.6 is 24.0 Å². The van der Waals surface area contributed by atoms with E-state index in [1.54, 1.807) is 19.1 Å². The van der Waals surface area contributed by atoms with Gasteiger partial charge < -0.3 is 34.8 Å². The number of anilines is 1. The van der Waals surface area contributed by atoms with E-state index in [-0.39, 0.29) is 17.6 Å². The predicted molar refractivity (Wildman–Crippen MR) is 140 cm³/mol. The summed E-state index contributed by atoms with van der Waals surface area (Å²) in [6, 6.07) is 5.76. The van der Waals surface area contributed by atoms with Crippen LogP contribution in [0.15, 0.2) is 18.2 Å². The quantitative estimate of drug-likeness (QED) is 0.526. The highest BCUT2D eigenvalue weighted by Gasteiger charge is 2.44. The van der Waals surface area contributed by atoms with Gasteiger partial charge in [-0.1, -0.05) is 24.0 Å². The van der Waals surface area contributed by atoms with Crippen molar-refractivity contribution < 1.29 is 19.1 Å². The minimum Gasteiger partial charge on any atom is -0.497 e. The normalized spacial score (nSPS) is 17.6. The molecule has 0 radical (unpaired) electrons. The Morgan fingerprint density at radius 3 is 2.41 bits per heavy atom. The zero-order valence-corrected chi connectivity index (χ0v) is 22.0. The maximum atomic E-state index is 13.7. The van der Waals surface area contributed by atoms with Gasteiger partial charge in [0.2, 0.25) is 11.8 Å². The van der Waals surface area contributed by atoms with Gasteiger partial charge in [-0.2, -0.15) is 0 Å². The first kappa shape index (κ1) is 26.4. The first-order chi connectivity index (χ1) is 16.3. The molecule has 2 saturated heterocycles. The average molecular weight is 510 g/mol. The van der Waals surface area contributed by atoms with Gasteiger partial charge in [0.15, 0.2) is 0 Å². The molecule has 0 spiro atoms. The summed E-state index contributed by atoms with van der Waals surface area (Å²) in [4.78, 5) is 32.3. The van der Waals surface area contributed by atoms with Gasteiger partial charge >= 0.3 is 0 Å². The fourth-order valence-corrected chi connectivity index (χ4v) is 5.07. The number of piperazine rings is 1. The van der Waals surface area contributed by atoms with E-state index in [9.17, 15) is 9.59 Å². The van der Waals surface area contributed by atoms with E-state index in [0.717, 1.165) is 17.2 Å². The lowest BCUT2D eigenvalue weighted by atomic mass is 9.86. The number of piperidine rings is 1. The van der Waals surface area contributed by atoms with Crippen LogP contribution in [0.5, 0.6) is 11.5 Å². The molecule has 0 atom stereocenters. The molecule has 1 aromatic carbocycles. The van der Waals surface area contributed by atoms with Crippen molar-refractivity contribution in [3.8, 4) is 11.5 Å².